The van der Waals surface area contributed by atoms with Crippen LogP contribution in [0.2, 0.25) is 0 Å². The Morgan fingerprint density at radius 3 is 2.67 bits per heavy atom. The van der Waals surface area contributed by atoms with Crippen LogP contribution < -0.4 is 10.2 Å². The standard InChI is InChI=1S/C34H38FN9O4/c1-34(2,3)48-33(46)41-11-9-25(10-12-41)42(18-22-16-37-44(19-22)32-21-47-32)31-7-4-23-17-36-30(15-29(23)39-31)38-28-6-5-26(14-27(28)35)43-13-8-24(20-45)40-43/h4-8,13-17,19,25,32,45H,9-12,18,20-21H2,1-3H3,(H,36,38). The van der Waals surface area contributed by atoms with Crippen LogP contribution in [-0.2, 0) is 22.6 Å². The molecule has 0 radical (unpaired) electrons. The van der Waals surface area contributed by atoms with E-state index in [1.807, 2.05) is 50.0 Å². The Hall–Kier alpha value is -5.08. The molecule has 1 aromatic carbocycles. The lowest BCUT2D eigenvalue weighted by Crippen LogP contribution is -2.48. The molecule has 2 aliphatic heterocycles. The quantitative estimate of drug-likeness (QED) is 0.201. The van der Waals surface area contributed by atoms with Crippen LogP contribution in [0.1, 0.15) is 51.1 Å². The van der Waals surface area contributed by atoms with Gasteiger partial charge >= 0.3 is 6.09 Å². The first-order chi connectivity index (χ1) is 23.1. The lowest BCUT2D eigenvalue weighted by molar-refractivity contribution is 0.0204. The Kier molecular flexibility index (Phi) is 8.43. The number of amides is 1. The van der Waals surface area contributed by atoms with Crippen molar-refractivity contribution >= 4 is 34.3 Å². The summed E-state index contributed by atoms with van der Waals surface area (Å²) in [5.41, 5.74) is 2.46. The molecule has 1 unspecified atom stereocenters. The molecule has 48 heavy (non-hydrogen) atoms. The number of aromatic nitrogens is 6. The van der Waals surface area contributed by atoms with E-state index in [-0.39, 0.29) is 30.7 Å². The summed E-state index contributed by atoms with van der Waals surface area (Å²) in [4.78, 5) is 26.3. The first-order valence-corrected chi connectivity index (χ1v) is 16.0. The van der Waals surface area contributed by atoms with E-state index >= 15 is 4.39 Å². The van der Waals surface area contributed by atoms with Gasteiger partial charge in [-0.1, -0.05) is 0 Å². The van der Waals surface area contributed by atoms with Gasteiger partial charge < -0.3 is 29.7 Å². The summed E-state index contributed by atoms with van der Waals surface area (Å²) in [6, 6.07) is 12.3. The van der Waals surface area contributed by atoms with Gasteiger partial charge in [-0.05, 0) is 63.9 Å². The fraction of sp³-hybridized carbons (Fsp3) is 0.382. The summed E-state index contributed by atoms with van der Waals surface area (Å²) in [5, 5.41) is 21.9. The Labute approximate surface area is 276 Å². The number of pyridine rings is 2. The number of piperidine rings is 1. The smallest absolute Gasteiger partial charge is 0.410 e. The number of ether oxygens (including phenoxy) is 2. The second kappa shape index (κ2) is 12.8. The molecule has 13 nitrogen and oxygen atoms in total. The topological polar surface area (TPSA) is 139 Å². The van der Waals surface area contributed by atoms with Crippen LogP contribution in [0.5, 0.6) is 0 Å². The number of hydrogen-bond donors (Lipinski definition) is 2. The number of hydrogen-bond acceptors (Lipinski definition) is 10. The number of anilines is 3. The highest BCUT2D eigenvalue weighted by Crippen LogP contribution is 2.30. The predicted molar refractivity (Wildman–Crippen MR) is 176 cm³/mol. The highest BCUT2D eigenvalue weighted by Gasteiger charge is 2.31. The number of aliphatic hydroxyl groups is 1. The zero-order chi connectivity index (χ0) is 33.4. The molecule has 2 saturated heterocycles. The minimum absolute atomic E-state index is 0.00722. The second-order valence-electron chi connectivity index (χ2n) is 13.1. The van der Waals surface area contributed by atoms with Crippen LogP contribution in [-0.4, -0.2) is 77.0 Å². The van der Waals surface area contributed by atoms with Crippen molar-refractivity contribution in [2.24, 2.45) is 0 Å². The monoisotopic (exact) mass is 655 g/mol. The molecule has 0 saturated carbocycles. The van der Waals surface area contributed by atoms with Gasteiger partial charge in [-0.15, -0.1) is 0 Å². The van der Waals surface area contributed by atoms with Crippen LogP contribution in [0, 0.1) is 5.82 Å². The minimum atomic E-state index is -0.552. The van der Waals surface area contributed by atoms with Gasteiger partial charge in [-0.25, -0.2) is 28.5 Å². The van der Waals surface area contributed by atoms with Crippen molar-refractivity contribution in [2.75, 3.05) is 29.9 Å². The van der Waals surface area contributed by atoms with E-state index < -0.39 is 11.4 Å². The number of nitrogens with one attached hydrogen (secondary N) is 1. The fourth-order valence-electron chi connectivity index (χ4n) is 5.80. The number of likely N-dealkylation sites (tertiary alicyclic amines) is 1. The zero-order valence-electron chi connectivity index (χ0n) is 27.1. The highest BCUT2D eigenvalue weighted by atomic mass is 19.1. The van der Waals surface area contributed by atoms with Crippen molar-refractivity contribution in [3.63, 3.8) is 0 Å². The summed E-state index contributed by atoms with van der Waals surface area (Å²) in [5.74, 6) is 0.754. The molecule has 0 bridgehead atoms. The number of aliphatic hydroxyl groups excluding tert-OH is 1. The van der Waals surface area contributed by atoms with Gasteiger partial charge in [0.25, 0.3) is 0 Å². The molecule has 1 atom stereocenters. The van der Waals surface area contributed by atoms with E-state index in [0.717, 1.165) is 29.6 Å². The molecule has 2 N–H and O–H groups in total. The summed E-state index contributed by atoms with van der Waals surface area (Å²) in [6.45, 7) is 7.81. The first-order valence-electron chi connectivity index (χ1n) is 16.0. The number of epoxide rings is 1. The van der Waals surface area contributed by atoms with Crippen molar-refractivity contribution in [3.8, 4) is 5.69 Å². The van der Waals surface area contributed by atoms with Gasteiger partial charge in [0.15, 0.2) is 6.23 Å². The van der Waals surface area contributed by atoms with Crippen molar-refractivity contribution in [2.45, 2.75) is 64.6 Å². The van der Waals surface area contributed by atoms with Crippen molar-refractivity contribution in [1.82, 2.24) is 34.4 Å². The molecule has 0 spiro atoms. The molecule has 4 aromatic heterocycles. The Morgan fingerprint density at radius 1 is 1.15 bits per heavy atom. The van der Waals surface area contributed by atoms with Gasteiger partial charge in [0.2, 0.25) is 0 Å². The number of carbonyl (C=O) groups is 1. The maximum absolute atomic E-state index is 15.2. The number of halogens is 1. The van der Waals surface area contributed by atoms with E-state index in [1.54, 1.807) is 41.6 Å². The maximum Gasteiger partial charge on any atom is 0.410 e. The molecular weight excluding hydrogens is 617 g/mol. The van der Waals surface area contributed by atoms with Gasteiger partial charge in [0, 0.05) is 67.3 Å². The predicted octanol–water partition coefficient (Wildman–Crippen LogP) is 5.32. The summed E-state index contributed by atoms with van der Waals surface area (Å²) in [7, 11) is 0. The summed E-state index contributed by atoms with van der Waals surface area (Å²) in [6.07, 6.45) is 8.44. The summed E-state index contributed by atoms with van der Waals surface area (Å²) >= 11 is 0. The van der Waals surface area contributed by atoms with Crippen LogP contribution in [0.3, 0.4) is 0 Å². The molecule has 14 heteroatoms. The molecule has 6 heterocycles. The van der Waals surface area contributed by atoms with Crippen LogP contribution in [0.4, 0.5) is 26.5 Å². The lowest BCUT2D eigenvalue weighted by Gasteiger charge is -2.39. The normalized spacial score (nSPS) is 16.7. The molecule has 250 valence electrons. The second-order valence-corrected chi connectivity index (χ2v) is 13.1. The first kappa shape index (κ1) is 31.5. The van der Waals surface area contributed by atoms with E-state index in [9.17, 15) is 9.90 Å². The van der Waals surface area contributed by atoms with Crippen molar-refractivity contribution in [3.05, 3.63) is 84.3 Å². The Morgan fingerprint density at radius 2 is 1.96 bits per heavy atom. The summed E-state index contributed by atoms with van der Waals surface area (Å²) < 4.78 is 29.5. The number of nitrogens with zero attached hydrogens (tertiary/aromatic N) is 8. The van der Waals surface area contributed by atoms with E-state index in [2.05, 4.69) is 25.4 Å². The number of benzene rings is 1. The van der Waals surface area contributed by atoms with Crippen molar-refractivity contribution in [1.29, 1.82) is 0 Å². The Bertz CT molecular complexity index is 1930. The average molecular weight is 656 g/mol. The van der Waals surface area contributed by atoms with Gasteiger partial charge in [-0.2, -0.15) is 10.2 Å². The van der Waals surface area contributed by atoms with Crippen LogP contribution in [0.15, 0.2) is 67.3 Å². The lowest BCUT2D eigenvalue weighted by atomic mass is 10.0. The SMILES string of the molecule is CC(C)(C)OC(=O)N1CCC(N(Cc2cnn(C3CO3)c2)c2ccc3cnc(Nc4ccc(-n5ccc(CO)n5)cc4F)cc3n2)CC1. The third-order valence-corrected chi connectivity index (χ3v) is 8.32. The molecule has 2 fully saturated rings. The van der Waals surface area contributed by atoms with Gasteiger partial charge in [-0.3, -0.25) is 0 Å². The van der Waals surface area contributed by atoms with E-state index in [1.165, 1.54) is 10.7 Å². The molecule has 1 amide bonds. The van der Waals surface area contributed by atoms with Crippen LogP contribution in [0.25, 0.3) is 16.6 Å². The number of fused-ring (bicyclic) bond motifs is 1. The molecule has 7 rings (SSSR count). The average Bonchev–Trinajstić information content (AvgIpc) is 3.61. The molecule has 5 aromatic rings. The molecular formula is C34H38FN9O4. The number of carbonyl (C=O) groups excluding carboxylic acids is 1. The Balaban J connectivity index is 1.12. The van der Waals surface area contributed by atoms with Crippen molar-refractivity contribution < 1.29 is 23.8 Å². The van der Waals surface area contributed by atoms with E-state index in [0.29, 0.717) is 49.0 Å². The minimum Gasteiger partial charge on any atom is -0.444 e. The highest BCUT2D eigenvalue weighted by molar-refractivity contribution is 5.82. The van der Waals surface area contributed by atoms with Crippen LogP contribution >= 0.6 is 0 Å². The maximum atomic E-state index is 15.2. The van der Waals surface area contributed by atoms with E-state index in [4.69, 9.17) is 14.5 Å². The zero-order valence-corrected chi connectivity index (χ0v) is 27.1. The molecule has 0 aliphatic carbocycles. The third-order valence-electron chi connectivity index (χ3n) is 8.32. The third kappa shape index (κ3) is 7.09. The largest absolute Gasteiger partial charge is 0.444 e. The fourth-order valence-corrected chi connectivity index (χ4v) is 5.80. The molecule has 2 aliphatic rings. The van der Waals surface area contributed by atoms with Gasteiger partial charge in [0.05, 0.1) is 42.0 Å². The van der Waals surface area contributed by atoms with Gasteiger partial charge in [0.1, 0.15) is 23.1 Å². The number of rotatable bonds is 9.